The van der Waals surface area contributed by atoms with E-state index < -0.39 is 0 Å². The Morgan fingerprint density at radius 2 is 2.00 bits per heavy atom. The number of amides is 2. The number of benzene rings is 1. The second-order valence-electron chi connectivity index (χ2n) is 6.19. The fraction of sp³-hybridized carbons (Fsp3) is 0.211. The van der Waals surface area contributed by atoms with Gasteiger partial charge in [-0.15, -0.1) is 0 Å². The third kappa shape index (κ3) is 3.84. The number of anilines is 2. The van der Waals surface area contributed by atoms with Crippen LogP contribution < -0.4 is 10.6 Å². The molecule has 3 aromatic rings. The fourth-order valence-corrected chi connectivity index (χ4v) is 2.96. The third-order valence-electron chi connectivity index (χ3n) is 4.33. The molecule has 0 saturated carbocycles. The van der Waals surface area contributed by atoms with Crippen LogP contribution in [0.15, 0.2) is 47.2 Å². The molecule has 1 aliphatic rings. The minimum absolute atomic E-state index is 0.0311. The molecular weight excluding hydrogens is 346 g/mol. The van der Waals surface area contributed by atoms with Crippen LogP contribution in [0, 0.1) is 0 Å². The lowest BCUT2D eigenvalue weighted by molar-refractivity contribution is -0.116. The molecule has 2 amide bonds. The maximum absolute atomic E-state index is 12.2. The molecule has 0 atom stereocenters. The van der Waals surface area contributed by atoms with Crippen LogP contribution in [0.3, 0.4) is 0 Å². The van der Waals surface area contributed by atoms with Gasteiger partial charge in [0, 0.05) is 35.9 Å². The van der Waals surface area contributed by atoms with Crippen LogP contribution in [-0.2, 0) is 24.1 Å². The second-order valence-corrected chi connectivity index (χ2v) is 6.19. The summed E-state index contributed by atoms with van der Waals surface area (Å²) in [6.07, 6.45) is 3.65. The first kappa shape index (κ1) is 16.9. The highest BCUT2D eigenvalue weighted by atomic mass is 16.5. The minimum Gasteiger partial charge on any atom is -0.361 e. The quantitative estimate of drug-likeness (QED) is 0.720. The van der Waals surface area contributed by atoms with E-state index in [0.29, 0.717) is 42.9 Å². The summed E-state index contributed by atoms with van der Waals surface area (Å²) in [5, 5.41) is 9.38. The molecule has 2 N–H and O–H groups in total. The Morgan fingerprint density at radius 1 is 1.15 bits per heavy atom. The predicted molar refractivity (Wildman–Crippen MR) is 97.3 cm³/mol. The first-order valence-corrected chi connectivity index (χ1v) is 8.63. The lowest BCUT2D eigenvalue weighted by atomic mass is 10.0. The Labute approximate surface area is 155 Å². The number of nitrogens with one attached hydrogen (secondary N) is 2. The van der Waals surface area contributed by atoms with E-state index in [1.807, 2.05) is 18.2 Å². The number of rotatable bonds is 5. The third-order valence-corrected chi connectivity index (χ3v) is 4.33. The molecule has 0 saturated heterocycles. The van der Waals surface area contributed by atoms with Gasteiger partial charge in [-0.2, -0.15) is 0 Å². The number of aryl methyl sites for hydroxylation is 2. The molecule has 4 rings (SSSR count). The van der Waals surface area contributed by atoms with Crippen molar-refractivity contribution in [1.29, 1.82) is 0 Å². The van der Waals surface area contributed by atoms with E-state index in [1.165, 1.54) is 6.33 Å². The molecular formula is C19H17N5O3. The second kappa shape index (κ2) is 7.36. The average molecular weight is 363 g/mol. The van der Waals surface area contributed by atoms with Crippen LogP contribution in [0.5, 0.6) is 0 Å². The lowest BCUT2D eigenvalue weighted by Crippen LogP contribution is -2.22. The number of carbonyl (C=O) groups is 2. The van der Waals surface area contributed by atoms with Gasteiger partial charge in [0.2, 0.25) is 5.91 Å². The minimum atomic E-state index is -0.321. The summed E-state index contributed by atoms with van der Waals surface area (Å²) in [7, 11) is 0. The van der Waals surface area contributed by atoms with Gasteiger partial charge in [0.25, 0.3) is 5.91 Å². The van der Waals surface area contributed by atoms with E-state index in [9.17, 15) is 9.59 Å². The largest absolute Gasteiger partial charge is 0.361 e. The molecule has 8 nitrogen and oxygen atoms in total. The molecule has 3 heterocycles. The van der Waals surface area contributed by atoms with E-state index >= 15 is 0 Å². The molecule has 1 aromatic carbocycles. The van der Waals surface area contributed by atoms with Crippen LogP contribution in [0.2, 0.25) is 0 Å². The highest BCUT2D eigenvalue weighted by Gasteiger charge is 2.20. The zero-order valence-electron chi connectivity index (χ0n) is 14.4. The lowest BCUT2D eigenvalue weighted by Gasteiger charge is -2.17. The Bertz CT molecular complexity index is 984. The smallest absolute Gasteiger partial charge is 0.277 e. The molecule has 0 unspecified atom stereocenters. The summed E-state index contributed by atoms with van der Waals surface area (Å²) in [6.45, 7) is 0. The number of hydrogen-bond acceptors (Lipinski definition) is 6. The van der Waals surface area contributed by atoms with Crippen molar-refractivity contribution in [2.75, 3.05) is 10.6 Å². The maximum atomic E-state index is 12.2. The summed E-state index contributed by atoms with van der Waals surface area (Å²) in [5.41, 5.74) is 2.75. The number of fused-ring (bicyclic) bond motifs is 1. The van der Waals surface area contributed by atoms with Crippen molar-refractivity contribution in [2.45, 2.75) is 25.7 Å². The van der Waals surface area contributed by atoms with Gasteiger partial charge in [0.05, 0.1) is 0 Å². The van der Waals surface area contributed by atoms with Gasteiger partial charge in [0.15, 0.2) is 5.69 Å². The van der Waals surface area contributed by atoms with Gasteiger partial charge in [-0.1, -0.05) is 23.4 Å². The average Bonchev–Trinajstić information content (AvgIpc) is 3.16. The van der Waals surface area contributed by atoms with E-state index in [1.54, 1.807) is 18.2 Å². The maximum Gasteiger partial charge on any atom is 0.277 e. The first-order chi connectivity index (χ1) is 13.2. The first-order valence-electron chi connectivity index (χ1n) is 8.63. The molecule has 2 aromatic heterocycles. The predicted octanol–water partition coefficient (Wildman–Crippen LogP) is 2.39. The Balaban J connectivity index is 1.41. The number of hydrogen-bond donors (Lipinski definition) is 2. The van der Waals surface area contributed by atoms with Crippen molar-refractivity contribution in [2.24, 2.45) is 0 Å². The highest BCUT2D eigenvalue weighted by Crippen LogP contribution is 2.23. The summed E-state index contributed by atoms with van der Waals surface area (Å²) < 4.78 is 5.28. The van der Waals surface area contributed by atoms with Gasteiger partial charge < -0.3 is 15.2 Å². The normalized spacial score (nSPS) is 13.0. The van der Waals surface area contributed by atoms with Crippen molar-refractivity contribution in [1.82, 2.24) is 15.1 Å². The van der Waals surface area contributed by atoms with Gasteiger partial charge in [0.1, 0.15) is 17.9 Å². The molecule has 27 heavy (non-hydrogen) atoms. The van der Waals surface area contributed by atoms with Crippen molar-refractivity contribution in [3.63, 3.8) is 0 Å². The summed E-state index contributed by atoms with van der Waals surface area (Å²) in [5.74, 6) is 0.826. The van der Waals surface area contributed by atoms with Gasteiger partial charge in [-0.05, 0) is 25.0 Å². The fourth-order valence-electron chi connectivity index (χ4n) is 2.96. The number of para-hydroxylation sites is 1. The van der Waals surface area contributed by atoms with E-state index in [-0.39, 0.29) is 17.5 Å². The molecule has 136 valence electrons. The molecule has 0 radical (unpaired) electrons. The summed E-state index contributed by atoms with van der Waals surface area (Å²) >= 11 is 0. The van der Waals surface area contributed by atoms with Crippen LogP contribution in [-0.4, -0.2) is 26.9 Å². The van der Waals surface area contributed by atoms with Gasteiger partial charge in [-0.3, -0.25) is 9.59 Å². The van der Waals surface area contributed by atoms with E-state index in [4.69, 9.17) is 4.52 Å². The molecule has 0 bridgehead atoms. The monoisotopic (exact) mass is 363 g/mol. The van der Waals surface area contributed by atoms with Crippen molar-refractivity contribution >= 4 is 23.3 Å². The van der Waals surface area contributed by atoms with Crippen LogP contribution in [0.1, 0.15) is 33.9 Å². The van der Waals surface area contributed by atoms with Crippen molar-refractivity contribution < 1.29 is 14.1 Å². The number of aromatic nitrogens is 3. The van der Waals surface area contributed by atoms with Crippen molar-refractivity contribution in [3.05, 3.63) is 65.4 Å². The van der Waals surface area contributed by atoms with E-state index in [2.05, 4.69) is 25.8 Å². The van der Waals surface area contributed by atoms with Crippen molar-refractivity contribution in [3.8, 4) is 0 Å². The SMILES string of the molecule is O=C1CCc2c(CCc3cc(C(=O)Nc4ccccc4)no3)ncnc2N1. The molecule has 8 heteroatoms. The topological polar surface area (TPSA) is 110 Å². The molecule has 1 aliphatic heterocycles. The Kier molecular flexibility index (Phi) is 4.61. The molecule has 0 fully saturated rings. The number of nitrogens with zero attached hydrogens (tertiary/aromatic N) is 3. The zero-order chi connectivity index (χ0) is 18.6. The number of carbonyl (C=O) groups excluding carboxylic acids is 2. The molecule has 0 aliphatic carbocycles. The van der Waals surface area contributed by atoms with Gasteiger partial charge >= 0.3 is 0 Å². The van der Waals surface area contributed by atoms with E-state index in [0.717, 1.165) is 11.3 Å². The standard InChI is InChI=1S/C19H17N5O3/c25-17-9-7-14-15(20-11-21-18(14)23-17)8-6-13-10-16(24-27-13)19(26)22-12-4-2-1-3-5-12/h1-5,10-11H,6-9H2,(H,22,26)(H,20,21,23,25). The summed E-state index contributed by atoms with van der Waals surface area (Å²) in [4.78, 5) is 32.2. The van der Waals surface area contributed by atoms with Crippen LogP contribution in [0.25, 0.3) is 0 Å². The Hall–Kier alpha value is -3.55. The van der Waals surface area contributed by atoms with Crippen LogP contribution in [0.4, 0.5) is 11.5 Å². The summed E-state index contributed by atoms with van der Waals surface area (Å²) in [6, 6.07) is 10.8. The Morgan fingerprint density at radius 3 is 2.85 bits per heavy atom. The highest BCUT2D eigenvalue weighted by molar-refractivity contribution is 6.02. The van der Waals surface area contributed by atoms with Crippen LogP contribution >= 0.6 is 0 Å². The van der Waals surface area contributed by atoms with Gasteiger partial charge in [-0.25, -0.2) is 9.97 Å². The molecule has 0 spiro atoms. The zero-order valence-corrected chi connectivity index (χ0v) is 14.4.